The molecule has 51 heavy (non-hydrogen) atoms. The van der Waals surface area contributed by atoms with Crippen LogP contribution in [0.15, 0.2) is 102 Å². The number of nitrogens with zero attached hydrogens (tertiary/aromatic N) is 1. The highest BCUT2D eigenvalue weighted by molar-refractivity contribution is 6.05. The van der Waals surface area contributed by atoms with Crippen molar-refractivity contribution in [1.29, 1.82) is 0 Å². The number of guanidine groups is 1. The van der Waals surface area contributed by atoms with Crippen LogP contribution in [-0.4, -0.2) is 59.4 Å². The first-order valence-corrected chi connectivity index (χ1v) is 17.2. The van der Waals surface area contributed by atoms with Crippen molar-refractivity contribution in [3.63, 3.8) is 0 Å². The van der Waals surface area contributed by atoms with E-state index in [1.54, 1.807) is 30.3 Å². The topological polar surface area (TPSA) is 201 Å². The molecule has 4 aromatic rings. The molecule has 1 aliphatic heterocycles. The molecule has 4 aromatic carbocycles. The molecule has 0 unspecified atom stereocenters. The monoisotopic (exact) mass is 691 g/mol. The quantitative estimate of drug-likeness (QED) is 0.0751. The third-order valence-corrected chi connectivity index (χ3v) is 9.01. The molecule has 0 saturated carbocycles. The normalized spacial score (nSPS) is 20.0. The average molecular weight is 692 g/mol. The highest BCUT2D eigenvalue weighted by Gasteiger charge is 2.32. The number of nitrogens with one attached hydrogen (secondary N) is 4. The van der Waals surface area contributed by atoms with E-state index in [9.17, 15) is 24.3 Å². The van der Waals surface area contributed by atoms with E-state index in [1.165, 1.54) is 0 Å². The number of rotatable bonds is 10. The molecular formula is C39H45N7O5. The van der Waals surface area contributed by atoms with E-state index >= 15 is 0 Å². The smallest absolute Gasteiger partial charge is 0.246 e. The van der Waals surface area contributed by atoms with Gasteiger partial charge in [-0.1, -0.05) is 85.3 Å². The van der Waals surface area contributed by atoms with Crippen LogP contribution in [0.25, 0.3) is 10.8 Å². The lowest BCUT2D eigenvalue weighted by Gasteiger charge is -2.25. The third-order valence-electron chi connectivity index (χ3n) is 9.01. The Kier molecular flexibility index (Phi) is 12.6. The number of amides is 4. The summed E-state index contributed by atoms with van der Waals surface area (Å²) in [5.74, 6) is -2.34. The van der Waals surface area contributed by atoms with Crippen LogP contribution in [0.1, 0.15) is 43.2 Å². The molecule has 1 aliphatic rings. The number of aromatic hydroxyl groups is 1. The first kappa shape index (κ1) is 36.4. The number of phenols is 1. The van der Waals surface area contributed by atoms with Gasteiger partial charge in [-0.25, -0.2) is 0 Å². The van der Waals surface area contributed by atoms with Gasteiger partial charge in [-0.05, 0) is 66.8 Å². The molecule has 4 amide bonds. The van der Waals surface area contributed by atoms with E-state index in [0.717, 1.165) is 21.9 Å². The number of anilines is 1. The number of hydrogen-bond acceptors (Lipinski definition) is 6. The molecule has 12 nitrogen and oxygen atoms in total. The molecule has 1 fully saturated rings. The first-order chi connectivity index (χ1) is 24.7. The summed E-state index contributed by atoms with van der Waals surface area (Å²) >= 11 is 0. The predicted molar refractivity (Wildman–Crippen MR) is 198 cm³/mol. The van der Waals surface area contributed by atoms with Gasteiger partial charge in [0.1, 0.15) is 23.9 Å². The fourth-order valence-corrected chi connectivity index (χ4v) is 6.30. The Morgan fingerprint density at radius 1 is 0.745 bits per heavy atom. The van der Waals surface area contributed by atoms with Crippen LogP contribution in [0, 0.1) is 5.92 Å². The van der Waals surface area contributed by atoms with Gasteiger partial charge in [-0.2, -0.15) is 0 Å². The molecule has 0 aliphatic carbocycles. The van der Waals surface area contributed by atoms with Crippen LogP contribution in [-0.2, 0) is 32.0 Å². The third kappa shape index (κ3) is 10.5. The Morgan fingerprint density at radius 3 is 2.18 bits per heavy atom. The van der Waals surface area contributed by atoms with E-state index in [-0.39, 0.29) is 43.4 Å². The highest BCUT2D eigenvalue weighted by Crippen LogP contribution is 2.24. The zero-order valence-corrected chi connectivity index (χ0v) is 28.4. The summed E-state index contributed by atoms with van der Waals surface area (Å²) in [5, 5.41) is 23.3. The Morgan fingerprint density at radius 2 is 1.41 bits per heavy atom. The number of carbonyl (C=O) groups excluding carboxylic acids is 4. The number of hydrogen-bond donors (Lipinski definition) is 7. The Balaban J connectivity index is 1.45. The highest BCUT2D eigenvalue weighted by atomic mass is 16.3. The van der Waals surface area contributed by atoms with Crippen LogP contribution >= 0.6 is 0 Å². The lowest BCUT2D eigenvalue weighted by molar-refractivity contribution is -0.133. The summed E-state index contributed by atoms with van der Waals surface area (Å²) in [6.07, 6.45) is 2.13. The number of carbonyl (C=O) groups is 4. The molecule has 266 valence electrons. The van der Waals surface area contributed by atoms with Crippen molar-refractivity contribution in [3.8, 4) is 5.75 Å². The van der Waals surface area contributed by atoms with Crippen molar-refractivity contribution in [2.24, 2.45) is 22.4 Å². The largest absolute Gasteiger partial charge is 0.508 e. The Hall–Kier alpha value is -5.91. The maximum absolute atomic E-state index is 14.0. The van der Waals surface area contributed by atoms with Gasteiger partial charge in [0, 0.05) is 30.0 Å². The van der Waals surface area contributed by atoms with Gasteiger partial charge in [0.15, 0.2) is 5.96 Å². The van der Waals surface area contributed by atoms with E-state index < -0.39 is 41.8 Å². The van der Waals surface area contributed by atoms with E-state index in [0.29, 0.717) is 31.4 Å². The average Bonchev–Trinajstić information content (AvgIpc) is 3.13. The van der Waals surface area contributed by atoms with Crippen LogP contribution in [0.2, 0.25) is 0 Å². The summed E-state index contributed by atoms with van der Waals surface area (Å²) < 4.78 is 0. The van der Waals surface area contributed by atoms with Gasteiger partial charge in [0.25, 0.3) is 0 Å². The van der Waals surface area contributed by atoms with Crippen LogP contribution in [0.4, 0.5) is 5.69 Å². The fraction of sp³-hybridized carbons (Fsp3) is 0.308. The summed E-state index contributed by atoms with van der Waals surface area (Å²) in [4.78, 5) is 59.8. The number of benzene rings is 4. The molecule has 0 radical (unpaired) electrons. The minimum atomic E-state index is -1.04. The van der Waals surface area contributed by atoms with Crippen molar-refractivity contribution in [2.75, 3.05) is 11.9 Å². The van der Waals surface area contributed by atoms with Crippen LogP contribution in [0.3, 0.4) is 0 Å². The van der Waals surface area contributed by atoms with Crippen molar-refractivity contribution in [2.45, 2.75) is 63.1 Å². The second-order valence-corrected chi connectivity index (χ2v) is 12.8. The first-order valence-electron chi connectivity index (χ1n) is 17.2. The molecule has 5 rings (SSSR count). The number of nitrogens with two attached hydrogens (primary N) is 2. The molecule has 0 spiro atoms. The molecule has 12 heteroatoms. The summed E-state index contributed by atoms with van der Waals surface area (Å²) in [5.41, 5.74) is 13.3. The molecule has 1 saturated heterocycles. The summed E-state index contributed by atoms with van der Waals surface area (Å²) in [7, 11) is 0. The van der Waals surface area contributed by atoms with Gasteiger partial charge in [0.2, 0.25) is 23.6 Å². The zero-order valence-electron chi connectivity index (χ0n) is 28.4. The van der Waals surface area contributed by atoms with Crippen molar-refractivity contribution in [1.82, 2.24) is 16.0 Å². The molecule has 1 heterocycles. The second kappa shape index (κ2) is 17.7. The van der Waals surface area contributed by atoms with Crippen LogP contribution < -0.4 is 32.7 Å². The minimum Gasteiger partial charge on any atom is -0.508 e. The van der Waals surface area contributed by atoms with Crippen molar-refractivity contribution in [3.05, 3.63) is 108 Å². The molecule has 0 bridgehead atoms. The predicted octanol–water partition coefficient (Wildman–Crippen LogP) is 3.28. The van der Waals surface area contributed by atoms with Crippen molar-refractivity contribution < 1.29 is 24.3 Å². The molecule has 0 aromatic heterocycles. The summed E-state index contributed by atoms with van der Waals surface area (Å²) in [6.45, 7) is 0.232. The number of aliphatic imine (C=N–C) groups is 1. The lowest BCUT2D eigenvalue weighted by atomic mass is 9.91. The number of phenolic OH excluding ortho intramolecular Hbond substituents is 1. The molecular weight excluding hydrogens is 646 g/mol. The summed E-state index contributed by atoms with van der Waals surface area (Å²) in [6, 6.07) is 26.2. The minimum absolute atomic E-state index is 0.0869. The molecule has 4 atom stereocenters. The Labute approximate surface area is 297 Å². The van der Waals surface area contributed by atoms with Gasteiger partial charge >= 0.3 is 0 Å². The lowest BCUT2D eigenvalue weighted by Crippen LogP contribution is -2.56. The van der Waals surface area contributed by atoms with E-state index in [2.05, 4.69) is 26.3 Å². The molecule has 9 N–H and O–H groups in total. The maximum atomic E-state index is 14.0. The SMILES string of the molecule is NC(N)=NCCC[C@@H]1NC(=O)[C@@H](Cc2ccccc2)NC(=O)[C@@H](Cc2ccc(O)cc2)CCC[C@@H](C(=O)Nc2cccc3ccccc23)NC1=O. The van der Waals surface area contributed by atoms with Crippen molar-refractivity contribution >= 4 is 46.0 Å². The Bertz CT molecular complexity index is 1840. The zero-order chi connectivity index (χ0) is 36.2. The maximum Gasteiger partial charge on any atom is 0.246 e. The fourth-order valence-electron chi connectivity index (χ4n) is 6.30. The van der Waals surface area contributed by atoms with Gasteiger partial charge in [-0.3, -0.25) is 24.2 Å². The second-order valence-electron chi connectivity index (χ2n) is 12.8. The van der Waals surface area contributed by atoms with Crippen LogP contribution in [0.5, 0.6) is 5.75 Å². The van der Waals surface area contributed by atoms with Gasteiger partial charge in [-0.15, -0.1) is 0 Å². The van der Waals surface area contributed by atoms with E-state index in [1.807, 2.05) is 66.7 Å². The standard InChI is InChI=1S/C39H45N7O5/c40-39(41)42-22-8-17-33-37(50)44-32(36(49)43-31-15-6-12-27-11-4-5-14-30(27)31)16-7-13-28(23-26-18-20-29(47)21-19-26)35(48)46-34(38(51)45-33)24-25-9-2-1-3-10-25/h1-6,9-12,14-15,18-21,28,32-34,47H,7-8,13,16-17,22-24H2,(H,43,49)(H,44,50)(H,45,51)(H,46,48)(H4,40,41,42)/t28-,32+,33+,34-/m1/s1. The van der Waals surface area contributed by atoms with E-state index in [4.69, 9.17) is 11.5 Å². The number of fused-ring (bicyclic) bond motifs is 1. The van der Waals surface area contributed by atoms with Gasteiger partial charge in [0.05, 0.1) is 0 Å². The van der Waals surface area contributed by atoms with Gasteiger partial charge < -0.3 is 37.8 Å².